The Morgan fingerprint density at radius 2 is 2.08 bits per heavy atom. The number of rotatable bonds is 5. The number of aryl methyl sites for hydroxylation is 1. The number of hydrogen-bond donors (Lipinski definition) is 0. The first-order valence-electron chi connectivity index (χ1n) is 4.34. The fourth-order valence-corrected chi connectivity index (χ4v) is 1.21. The van der Waals surface area contributed by atoms with Gasteiger partial charge in [0.25, 0.3) is 0 Å². The highest BCUT2D eigenvalue weighted by Gasteiger charge is 1.94. The molecule has 0 N–H and O–H groups in total. The Labute approximate surface area is 77.6 Å². The molecule has 1 rings (SSSR count). The third-order valence-electron chi connectivity index (χ3n) is 1.87. The minimum atomic E-state index is 0.589. The number of unbranched alkanes of at least 4 members (excludes halogenated alkanes) is 1. The predicted octanol–water partition coefficient (Wildman–Crippen LogP) is 2.02. The molecule has 0 saturated heterocycles. The minimum Gasteiger partial charge on any atom is -0.303 e. The van der Waals surface area contributed by atoms with Crippen molar-refractivity contribution < 1.29 is 9.59 Å². The van der Waals surface area contributed by atoms with Gasteiger partial charge in [0.1, 0.15) is 12.6 Å². The molecule has 1 aromatic carbocycles. The molecule has 13 heavy (non-hydrogen) atoms. The van der Waals surface area contributed by atoms with E-state index in [0.717, 1.165) is 31.0 Å². The molecule has 0 aliphatic carbocycles. The number of carbonyl (C=O) groups is 2. The molecule has 0 atom stereocenters. The maximum atomic E-state index is 10.4. The van der Waals surface area contributed by atoms with Gasteiger partial charge in [0.05, 0.1) is 0 Å². The van der Waals surface area contributed by atoms with E-state index in [0.29, 0.717) is 12.0 Å². The van der Waals surface area contributed by atoms with Crippen molar-refractivity contribution in [2.45, 2.75) is 19.3 Å². The first kappa shape index (κ1) is 9.65. The van der Waals surface area contributed by atoms with E-state index in [1.54, 1.807) is 6.07 Å². The van der Waals surface area contributed by atoms with E-state index in [2.05, 4.69) is 0 Å². The molecule has 0 bridgehead atoms. The third kappa shape index (κ3) is 3.20. The molecular formula is C11H12O2. The van der Waals surface area contributed by atoms with E-state index < -0.39 is 0 Å². The van der Waals surface area contributed by atoms with Crippen LogP contribution in [0.3, 0.4) is 0 Å². The Morgan fingerprint density at radius 3 is 2.77 bits per heavy atom. The van der Waals surface area contributed by atoms with Crippen molar-refractivity contribution in [3.8, 4) is 0 Å². The van der Waals surface area contributed by atoms with Gasteiger partial charge >= 0.3 is 0 Å². The number of benzene rings is 1. The standard InChI is InChI=1S/C11H12O2/c12-7-2-1-4-10-5-3-6-11(8-10)9-13/h3,5-9H,1-2,4H2. The largest absolute Gasteiger partial charge is 0.303 e. The molecule has 0 saturated carbocycles. The van der Waals surface area contributed by atoms with E-state index in [9.17, 15) is 9.59 Å². The number of carbonyl (C=O) groups excluding carboxylic acids is 2. The van der Waals surface area contributed by atoms with Crippen LogP contribution >= 0.6 is 0 Å². The van der Waals surface area contributed by atoms with Crippen LogP contribution in [0.15, 0.2) is 24.3 Å². The Balaban J connectivity index is 2.55. The van der Waals surface area contributed by atoms with E-state index >= 15 is 0 Å². The summed E-state index contributed by atoms with van der Waals surface area (Å²) in [6.45, 7) is 0. The highest BCUT2D eigenvalue weighted by molar-refractivity contribution is 5.74. The Bertz CT molecular complexity index is 292. The summed E-state index contributed by atoms with van der Waals surface area (Å²) in [4.78, 5) is 20.5. The Kier molecular flexibility index (Phi) is 3.89. The van der Waals surface area contributed by atoms with Crippen LogP contribution in [0.4, 0.5) is 0 Å². The first-order valence-corrected chi connectivity index (χ1v) is 4.34. The van der Waals surface area contributed by atoms with Gasteiger partial charge in [-0.1, -0.05) is 18.2 Å². The second kappa shape index (κ2) is 5.25. The zero-order chi connectivity index (χ0) is 9.52. The Morgan fingerprint density at radius 1 is 1.23 bits per heavy atom. The van der Waals surface area contributed by atoms with Gasteiger partial charge in [-0.2, -0.15) is 0 Å². The van der Waals surface area contributed by atoms with Crippen LogP contribution in [0.5, 0.6) is 0 Å². The van der Waals surface area contributed by atoms with Gasteiger partial charge in [-0.25, -0.2) is 0 Å². The van der Waals surface area contributed by atoms with Gasteiger partial charge < -0.3 is 4.79 Å². The molecule has 0 aromatic heterocycles. The summed E-state index contributed by atoms with van der Waals surface area (Å²) in [5, 5.41) is 0. The average Bonchev–Trinajstić information content (AvgIpc) is 2.19. The average molecular weight is 176 g/mol. The molecule has 0 spiro atoms. The van der Waals surface area contributed by atoms with Crippen molar-refractivity contribution >= 4 is 12.6 Å². The number of hydrogen-bond acceptors (Lipinski definition) is 2. The van der Waals surface area contributed by atoms with Crippen molar-refractivity contribution in [2.75, 3.05) is 0 Å². The lowest BCUT2D eigenvalue weighted by atomic mass is 10.1. The van der Waals surface area contributed by atoms with E-state index in [4.69, 9.17) is 0 Å². The SMILES string of the molecule is O=CCCCc1cccc(C=O)c1. The van der Waals surface area contributed by atoms with Crippen molar-refractivity contribution in [2.24, 2.45) is 0 Å². The van der Waals surface area contributed by atoms with Gasteiger partial charge in [-0.3, -0.25) is 4.79 Å². The van der Waals surface area contributed by atoms with Crippen molar-refractivity contribution in [3.63, 3.8) is 0 Å². The van der Waals surface area contributed by atoms with Crippen LogP contribution in [0, 0.1) is 0 Å². The topological polar surface area (TPSA) is 34.1 Å². The molecular weight excluding hydrogens is 164 g/mol. The normalized spacial score (nSPS) is 9.54. The smallest absolute Gasteiger partial charge is 0.150 e. The first-order chi connectivity index (χ1) is 6.36. The van der Waals surface area contributed by atoms with Crippen LogP contribution in [-0.4, -0.2) is 12.6 Å². The maximum Gasteiger partial charge on any atom is 0.150 e. The summed E-state index contributed by atoms with van der Waals surface area (Å²) < 4.78 is 0. The monoisotopic (exact) mass is 176 g/mol. The lowest BCUT2D eigenvalue weighted by Gasteiger charge is -1.99. The zero-order valence-electron chi connectivity index (χ0n) is 7.40. The highest BCUT2D eigenvalue weighted by atomic mass is 16.1. The van der Waals surface area contributed by atoms with E-state index in [1.807, 2.05) is 18.2 Å². The van der Waals surface area contributed by atoms with Crippen LogP contribution in [0.1, 0.15) is 28.8 Å². The lowest BCUT2D eigenvalue weighted by molar-refractivity contribution is -0.107. The summed E-state index contributed by atoms with van der Waals surface area (Å²) in [5.41, 5.74) is 1.81. The fourth-order valence-electron chi connectivity index (χ4n) is 1.21. The van der Waals surface area contributed by atoms with Gasteiger partial charge in [0.15, 0.2) is 0 Å². The molecule has 68 valence electrons. The zero-order valence-corrected chi connectivity index (χ0v) is 7.40. The van der Waals surface area contributed by atoms with Crippen LogP contribution in [0.25, 0.3) is 0 Å². The highest BCUT2D eigenvalue weighted by Crippen LogP contribution is 2.06. The summed E-state index contributed by atoms with van der Waals surface area (Å²) in [6, 6.07) is 7.46. The quantitative estimate of drug-likeness (QED) is 0.508. The van der Waals surface area contributed by atoms with Gasteiger partial charge in [-0.05, 0) is 24.5 Å². The van der Waals surface area contributed by atoms with Gasteiger partial charge in [-0.15, -0.1) is 0 Å². The summed E-state index contributed by atoms with van der Waals surface area (Å²) in [7, 11) is 0. The summed E-state index contributed by atoms with van der Waals surface area (Å²) in [6.07, 6.45) is 4.06. The van der Waals surface area contributed by atoms with E-state index in [1.165, 1.54) is 0 Å². The number of aldehydes is 2. The molecule has 0 aliphatic heterocycles. The van der Waals surface area contributed by atoms with Crippen molar-refractivity contribution in [1.82, 2.24) is 0 Å². The van der Waals surface area contributed by atoms with Gasteiger partial charge in [0, 0.05) is 12.0 Å². The molecule has 0 radical (unpaired) electrons. The lowest BCUT2D eigenvalue weighted by Crippen LogP contribution is -1.88. The molecule has 0 heterocycles. The predicted molar refractivity (Wildman–Crippen MR) is 50.8 cm³/mol. The van der Waals surface area contributed by atoms with Crippen molar-refractivity contribution in [1.29, 1.82) is 0 Å². The Hall–Kier alpha value is -1.44. The maximum absolute atomic E-state index is 10.4. The van der Waals surface area contributed by atoms with Crippen LogP contribution in [-0.2, 0) is 11.2 Å². The van der Waals surface area contributed by atoms with Crippen LogP contribution < -0.4 is 0 Å². The molecule has 0 unspecified atom stereocenters. The molecule has 0 amide bonds. The third-order valence-corrected chi connectivity index (χ3v) is 1.87. The second-order valence-corrected chi connectivity index (χ2v) is 2.92. The summed E-state index contributed by atoms with van der Waals surface area (Å²) >= 11 is 0. The van der Waals surface area contributed by atoms with Crippen LogP contribution in [0.2, 0.25) is 0 Å². The minimum absolute atomic E-state index is 0.589. The summed E-state index contributed by atoms with van der Waals surface area (Å²) in [5.74, 6) is 0. The van der Waals surface area contributed by atoms with E-state index in [-0.39, 0.29) is 0 Å². The fraction of sp³-hybridized carbons (Fsp3) is 0.273. The molecule has 0 aliphatic rings. The molecule has 1 aromatic rings. The molecule has 0 fully saturated rings. The van der Waals surface area contributed by atoms with Crippen molar-refractivity contribution in [3.05, 3.63) is 35.4 Å². The second-order valence-electron chi connectivity index (χ2n) is 2.92. The molecule has 2 nitrogen and oxygen atoms in total. The van der Waals surface area contributed by atoms with Gasteiger partial charge in [0.2, 0.25) is 0 Å². The molecule has 2 heteroatoms.